The number of benzene rings is 2. The molecule has 2 fully saturated rings. The summed E-state index contributed by atoms with van der Waals surface area (Å²) in [6, 6.07) is 4.65. The van der Waals surface area contributed by atoms with Crippen LogP contribution < -0.4 is 18.9 Å². The molecule has 54 heavy (non-hydrogen) atoms. The number of nitro benzene ring substituents is 2. The van der Waals surface area contributed by atoms with Crippen LogP contribution in [-0.2, 0) is 36.9 Å². The first-order valence-electron chi connectivity index (χ1n) is 17.2. The molecule has 0 bridgehead atoms. The maximum Gasteiger partial charge on any atom is 0.508 e. The lowest BCUT2D eigenvalue weighted by Gasteiger charge is -2.21. The summed E-state index contributed by atoms with van der Waals surface area (Å²) in [6.07, 6.45) is 0.379. The van der Waals surface area contributed by atoms with Gasteiger partial charge >= 0.3 is 6.16 Å². The molecule has 0 amide bonds. The fourth-order valence-corrected chi connectivity index (χ4v) is 6.02. The lowest BCUT2D eigenvalue weighted by molar-refractivity contribution is -0.386. The SMILES string of the molecule is C.[B]C1CC(OC(=O)OCc2cc(OC)c(OC)cc2[N+](=O)[O-])C(CC(C)C)O1.[B]C1CC(OCc2cc(OC)c(OC)cc2[N+](=O)[O-])C(CC(C)C)O1. The Morgan fingerprint density at radius 1 is 0.722 bits per heavy atom. The third kappa shape index (κ3) is 12.9. The molecule has 4 rings (SSSR count). The van der Waals surface area contributed by atoms with Crippen LogP contribution in [0, 0.1) is 32.1 Å². The van der Waals surface area contributed by atoms with Gasteiger partial charge in [0, 0.05) is 18.4 Å². The van der Waals surface area contributed by atoms with Crippen LogP contribution in [0.4, 0.5) is 16.2 Å². The number of ether oxygens (including phenoxy) is 9. The first kappa shape index (κ1) is 45.9. The minimum Gasteiger partial charge on any atom is -0.493 e. The quantitative estimate of drug-likeness (QED) is 0.0789. The van der Waals surface area contributed by atoms with Gasteiger partial charge in [0.05, 0.1) is 86.5 Å². The lowest BCUT2D eigenvalue weighted by Crippen LogP contribution is -2.28. The lowest BCUT2D eigenvalue weighted by atomic mass is 9.94. The van der Waals surface area contributed by atoms with Crippen LogP contribution in [0.5, 0.6) is 23.0 Å². The number of hydrogen-bond donors (Lipinski definition) is 0. The van der Waals surface area contributed by atoms with Crippen molar-refractivity contribution >= 4 is 33.2 Å². The van der Waals surface area contributed by atoms with E-state index >= 15 is 0 Å². The van der Waals surface area contributed by atoms with E-state index in [1.54, 1.807) is 6.07 Å². The van der Waals surface area contributed by atoms with Gasteiger partial charge < -0.3 is 42.6 Å². The van der Waals surface area contributed by atoms with E-state index in [2.05, 4.69) is 13.8 Å². The molecule has 16 nitrogen and oxygen atoms in total. The van der Waals surface area contributed by atoms with Crippen LogP contribution in [0.25, 0.3) is 0 Å². The van der Waals surface area contributed by atoms with Gasteiger partial charge in [0.2, 0.25) is 0 Å². The van der Waals surface area contributed by atoms with E-state index in [1.165, 1.54) is 46.6 Å². The Hall–Kier alpha value is -4.28. The van der Waals surface area contributed by atoms with Crippen molar-refractivity contribution in [3.8, 4) is 23.0 Å². The van der Waals surface area contributed by atoms with Gasteiger partial charge in [-0.05, 0) is 43.2 Å². The highest BCUT2D eigenvalue weighted by molar-refractivity contribution is 6.11. The molecule has 4 radical (unpaired) electrons. The highest BCUT2D eigenvalue weighted by atomic mass is 16.7. The molecule has 296 valence electrons. The number of carbonyl (C=O) groups excluding carboxylic acids is 1. The van der Waals surface area contributed by atoms with Crippen molar-refractivity contribution in [1.29, 1.82) is 0 Å². The standard InChI is InChI=1S/C18H24BNO8.C17H24BNO6.CH4/c1-10(2)5-15-16(8-17(19)27-15)28-18(21)26-9-11-6-13(24-3)14(25-4)7-12(11)20(22)23;1-10(2)5-16-15(8-17(18)25-16)24-9-11-6-13(22-3)14(23-4)7-12(11)19(20)21;/h6-7,10,15-17H,5,8-9H2,1-4H3;6-7,10,15-17H,5,8-9H2,1-4H3;1H4. The monoisotopic (exact) mass is 758 g/mol. The van der Waals surface area contributed by atoms with Gasteiger partial charge in [0.15, 0.2) is 23.0 Å². The molecule has 0 N–H and O–H groups in total. The molecule has 0 saturated carbocycles. The number of nitro groups is 2. The largest absolute Gasteiger partial charge is 0.508 e. The Morgan fingerprint density at radius 2 is 1.11 bits per heavy atom. The number of methoxy groups -OCH3 is 4. The Morgan fingerprint density at radius 3 is 1.52 bits per heavy atom. The Balaban J connectivity index is 0.000000369. The van der Waals surface area contributed by atoms with Crippen LogP contribution >= 0.6 is 0 Å². The van der Waals surface area contributed by atoms with Gasteiger partial charge in [-0.25, -0.2) is 4.79 Å². The predicted octanol–water partition coefficient (Wildman–Crippen LogP) is 6.43. The van der Waals surface area contributed by atoms with Crippen molar-refractivity contribution in [3.05, 3.63) is 55.6 Å². The third-order valence-electron chi connectivity index (χ3n) is 8.47. The average Bonchev–Trinajstić information content (AvgIpc) is 3.63. The number of hydrogen-bond acceptors (Lipinski definition) is 14. The smallest absolute Gasteiger partial charge is 0.493 e. The summed E-state index contributed by atoms with van der Waals surface area (Å²) in [5, 5.41) is 22.7. The molecule has 2 heterocycles. The summed E-state index contributed by atoms with van der Waals surface area (Å²) in [5.41, 5.74) is 0.250. The van der Waals surface area contributed by atoms with E-state index < -0.39 is 28.1 Å². The third-order valence-corrected chi connectivity index (χ3v) is 8.47. The van der Waals surface area contributed by atoms with Gasteiger partial charge in [-0.1, -0.05) is 35.1 Å². The molecule has 2 saturated heterocycles. The van der Waals surface area contributed by atoms with E-state index in [0.717, 1.165) is 6.42 Å². The second-order valence-corrected chi connectivity index (χ2v) is 13.4. The molecule has 2 aliphatic rings. The maximum absolute atomic E-state index is 12.1. The highest BCUT2D eigenvalue weighted by Gasteiger charge is 2.37. The molecule has 2 aliphatic heterocycles. The van der Waals surface area contributed by atoms with Crippen LogP contribution in [0.1, 0.15) is 71.9 Å². The zero-order valence-electron chi connectivity index (χ0n) is 31.4. The topological polar surface area (TPSA) is 186 Å². The van der Waals surface area contributed by atoms with E-state index in [0.29, 0.717) is 48.2 Å². The fraction of sp³-hybridized carbons (Fsp3) is 0.639. The van der Waals surface area contributed by atoms with Crippen molar-refractivity contribution in [2.24, 2.45) is 11.8 Å². The van der Waals surface area contributed by atoms with Crippen LogP contribution in [0.3, 0.4) is 0 Å². The van der Waals surface area contributed by atoms with Crippen LogP contribution in [0.2, 0.25) is 0 Å². The zero-order chi connectivity index (χ0) is 39.4. The molecule has 6 unspecified atom stereocenters. The Labute approximate surface area is 319 Å². The number of nitrogens with zero attached hydrogens (tertiary/aromatic N) is 2. The second-order valence-electron chi connectivity index (χ2n) is 13.4. The average molecular weight is 758 g/mol. The van der Waals surface area contributed by atoms with Crippen molar-refractivity contribution in [2.75, 3.05) is 28.4 Å². The molecule has 0 aromatic heterocycles. The highest BCUT2D eigenvalue weighted by Crippen LogP contribution is 2.37. The first-order chi connectivity index (χ1) is 25.1. The Kier molecular flexibility index (Phi) is 18.3. The molecule has 18 heteroatoms. The Bertz CT molecular complexity index is 1550. The van der Waals surface area contributed by atoms with Gasteiger partial charge in [-0.3, -0.25) is 20.2 Å². The first-order valence-corrected chi connectivity index (χ1v) is 17.2. The van der Waals surface area contributed by atoms with Gasteiger partial charge in [0.1, 0.15) is 28.4 Å². The van der Waals surface area contributed by atoms with Crippen LogP contribution in [-0.4, -0.2) is 96.6 Å². The summed E-state index contributed by atoms with van der Waals surface area (Å²) < 4.78 is 48.2. The van der Waals surface area contributed by atoms with E-state index in [4.69, 9.17) is 58.3 Å². The van der Waals surface area contributed by atoms with Crippen molar-refractivity contribution in [3.63, 3.8) is 0 Å². The van der Waals surface area contributed by atoms with E-state index in [1.807, 2.05) is 13.8 Å². The molecule has 2 aromatic carbocycles. The summed E-state index contributed by atoms with van der Waals surface area (Å²) in [7, 11) is 17.4. The summed E-state index contributed by atoms with van der Waals surface area (Å²) in [6.45, 7) is 7.97. The minimum atomic E-state index is -0.944. The molecular weight excluding hydrogens is 706 g/mol. The van der Waals surface area contributed by atoms with E-state index in [-0.39, 0.29) is 73.4 Å². The molecule has 2 aromatic rings. The zero-order valence-corrected chi connectivity index (χ0v) is 31.4. The van der Waals surface area contributed by atoms with Gasteiger partial charge in [-0.2, -0.15) is 0 Å². The van der Waals surface area contributed by atoms with Gasteiger partial charge in [0.25, 0.3) is 11.4 Å². The van der Waals surface area contributed by atoms with E-state index in [9.17, 15) is 25.0 Å². The molecular formula is C36H52B2N2O14. The summed E-state index contributed by atoms with van der Waals surface area (Å²) in [5.74, 6) is 2.00. The van der Waals surface area contributed by atoms with Crippen molar-refractivity contribution in [2.45, 2.75) is 110 Å². The molecule has 0 spiro atoms. The minimum absolute atomic E-state index is 0. The number of rotatable bonds is 16. The van der Waals surface area contributed by atoms with Gasteiger partial charge in [-0.15, -0.1) is 0 Å². The summed E-state index contributed by atoms with van der Waals surface area (Å²) in [4.78, 5) is 33.7. The second kappa shape index (κ2) is 21.6. The molecule has 0 aliphatic carbocycles. The normalized spacial score (nSPS) is 21.7. The maximum atomic E-state index is 12.1. The van der Waals surface area contributed by atoms with Crippen LogP contribution in [0.15, 0.2) is 24.3 Å². The van der Waals surface area contributed by atoms with Crippen molar-refractivity contribution in [1.82, 2.24) is 0 Å². The number of carbonyl (C=O) groups is 1. The predicted molar refractivity (Wildman–Crippen MR) is 200 cm³/mol. The summed E-state index contributed by atoms with van der Waals surface area (Å²) >= 11 is 0. The fourth-order valence-electron chi connectivity index (χ4n) is 6.02. The van der Waals surface area contributed by atoms with Crippen molar-refractivity contribution < 1.29 is 57.3 Å². The molecule has 6 atom stereocenters.